The maximum Gasteiger partial charge on any atom is 0.224 e. The van der Waals surface area contributed by atoms with Gasteiger partial charge in [-0.25, -0.2) is 9.97 Å². The Balaban J connectivity index is 2.27. The molecule has 0 bridgehead atoms. The van der Waals surface area contributed by atoms with Crippen molar-refractivity contribution in [2.24, 2.45) is 0 Å². The van der Waals surface area contributed by atoms with Crippen LogP contribution in [0, 0.1) is 13.8 Å². The van der Waals surface area contributed by atoms with Crippen molar-refractivity contribution < 1.29 is 4.74 Å². The Morgan fingerprint density at radius 1 is 1.16 bits per heavy atom. The summed E-state index contributed by atoms with van der Waals surface area (Å²) in [6, 6.07) is 6.05. The topological polar surface area (TPSA) is 63.7 Å². The zero-order valence-corrected chi connectivity index (χ0v) is 11.1. The van der Waals surface area contributed by atoms with Crippen molar-refractivity contribution in [1.29, 1.82) is 0 Å². The van der Waals surface area contributed by atoms with Gasteiger partial charge in [0.25, 0.3) is 0 Å². The lowest BCUT2D eigenvalue weighted by Gasteiger charge is -2.06. The van der Waals surface area contributed by atoms with Crippen molar-refractivity contribution in [3.8, 4) is 17.0 Å². The van der Waals surface area contributed by atoms with E-state index in [0.717, 1.165) is 33.4 Å². The molecule has 0 aliphatic carbocycles. The van der Waals surface area contributed by atoms with Gasteiger partial charge < -0.3 is 4.74 Å². The summed E-state index contributed by atoms with van der Waals surface area (Å²) in [7, 11) is 1.61. The molecule has 5 heteroatoms. The Bertz CT molecular complexity index is 729. The van der Waals surface area contributed by atoms with Gasteiger partial charge in [0.2, 0.25) is 5.88 Å². The van der Waals surface area contributed by atoms with Crippen molar-refractivity contribution in [3.05, 3.63) is 35.9 Å². The highest BCUT2D eigenvalue weighted by atomic mass is 16.5. The molecule has 0 spiro atoms. The second kappa shape index (κ2) is 4.35. The smallest absolute Gasteiger partial charge is 0.224 e. The second-order valence-corrected chi connectivity index (χ2v) is 4.42. The third kappa shape index (κ3) is 1.83. The lowest BCUT2D eigenvalue weighted by Crippen LogP contribution is -1.92. The average molecular weight is 254 g/mol. The molecule has 0 radical (unpaired) electrons. The molecule has 1 aromatic carbocycles. The highest BCUT2D eigenvalue weighted by Gasteiger charge is 2.11. The third-order valence-electron chi connectivity index (χ3n) is 3.21. The van der Waals surface area contributed by atoms with E-state index in [4.69, 9.17) is 4.74 Å². The first-order valence-electron chi connectivity index (χ1n) is 6.01. The molecule has 0 saturated carbocycles. The van der Waals surface area contributed by atoms with Crippen LogP contribution in [-0.4, -0.2) is 27.3 Å². The molecule has 0 aliphatic rings. The van der Waals surface area contributed by atoms with Crippen molar-refractivity contribution in [2.75, 3.05) is 7.11 Å². The lowest BCUT2D eigenvalue weighted by atomic mass is 10.0. The van der Waals surface area contributed by atoms with Crippen LogP contribution < -0.4 is 4.74 Å². The number of ether oxygens (including phenoxy) is 1. The molecule has 0 fully saturated rings. The Morgan fingerprint density at radius 2 is 2.00 bits per heavy atom. The molecule has 2 aromatic heterocycles. The fourth-order valence-corrected chi connectivity index (χ4v) is 2.33. The Hall–Kier alpha value is -2.43. The number of nitrogens with zero attached hydrogens (tertiary/aromatic N) is 3. The number of rotatable bonds is 2. The van der Waals surface area contributed by atoms with E-state index in [2.05, 4.69) is 20.2 Å². The zero-order chi connectivity index (χ0) is 13.4. The molecule has 3 rings (SSSR count). The first-order valence-corrected chi connectivity index (χ1v) is 6.01. The number of hydrogen-bond acceptors (Lipinski definition) is 4. The molecule has 1 N–H and O–H groups in total. The van der Waals surface area contributed by atoms with Crippen LogP contribution >= 0.6 is 0 Å². The number of H-pyrrole nitrogens is 1. The monoisotopic (exact) mass is 254 g/mol. The number of methoxy groups -OCH3 is 1. The van der Waals surface area contributed by atoms with Crippen LogP contribution in [0.3, 0.4) is 0 Å². The number of hydrogen-bond donors (Lipinski definition) is 1. The summed E-state index contributed by atoms with van der Waals surface area (Å²) in [5.41, 5.74) is 5.10. The summed E-state index contributed by atoms with van der Waals surface area (Å²) in [5.74, 6) is 0.589. The van der Waals surface area contributed by atoms with Gasteiger partial charge in [-0.1, -0.05) is 6.07 Å². The fraction of sp³-hybridized carbons (Fsp3) is 0.214. The quantitative estimate of drug-likeness (QED) is 0.763. The summed E-state index contributed by atoms with van der Waals surface area (Å²) in [4.78, 5) is 8.38. The number of aromatic nitrogens is 4. The van der Waals surface area contributed by atoms with Crippen molar-refractivity contribution in [3.63, 3.8) is 0 Å². The van der Waals surface area contributed by atoms with Gasteiger partial charge in [-0.3, -0.25) is 5.10 Å². The molecule has 5 nitrogen and oxygen atoms in total. The van der Waals surface area contributed by atoms with Gasteiger partial charge in [-0.05, 0) is 31.5 Å². The minimum atomic E-state index is 0.589. The molecule has 0 amide bonds. The van der Waals surface area contributed by atoms with Crippen LogP contribution in [0.15, 0.2) is 24.5 Å². The Kier molecular flexibility index (Phi) is 2.67. The van der Waals surface area contributed by atoms with Crippen molar-refractivity contribution in [1.82, 2.24) is 20.2 Å². The van der Waals surface area contributed by atoms with E-state index in [1.165, 1.54) is 6.33 Å². The minimum Gasteiger partial charge on any atom is -0.480 e. The maximum atomic E-state index is 5.29. The van der Waals surface area contributed by atoms with Gasteiger partial charge in [-0.15, -0.1) is 0 Å². The largest absolute Gasteiger partial charge is 0.480 e. The average Bonchev–Trinajstić information content (AvgIpc) is 2.77. The third-order valence-corrected chi connectivity index (χ3v) is 3.21. The van der Waals surface area contributed by atoms with E-state index in [1.54, 1.807) is 7.11 Å². The number of nitrogens with one attached hydrogen (secondary N) is 1. The number of benzene rings is 1. The van der Waals surface area contributed by atoms with E-state index in [0.29, 0.717) is 5.88 Å². The standard InChI is InChI=1S/C14H14N4O/c1-8-13(9(2)18-17-8)10-4-5-12-11(6-10)14(19-3)16-7-15-12/h4-7H,1-3H3,(H,17,18). The van der Waals surface area contributed by atoms with Crippen molar-refractivity contribution >= 4 is 10.9 Å². The number of aromatic amines is 1. The summed E-state index contributed by atoms with van der Waals surface area (Å²) in [6.45, 7) is 4.00. The normalized spacial score (nSPS) is 10.9. The highest BCUT2D eigenvalue weighted by molar-refractivity contribution is 5.88. The van der Waals surface area contributed by atoms with E-state index in [-0.39, 0.29) is 0 Å². The second-order valence-electron chi connectivity index (χ2n) is 4.42. The minimum absolute atomic E-state index is 0.589. The van der Waals surface area contributed by atoms with Crippen LogP contribution in [0.1, 0.15) is 11.4 Å². The molecule has 0 atom stereocenters. The summed E-state index contributed by atoms with van der Waals surface area (Å²) in [6.07, 6.45) is 1.51. The predicted octanol–water partition coefficient (Wildman–Crippen LogP) is 2.65. The molecule has 96 valence electrons. The molecule has 0 unspecified atom stereocenters. The van der Waals surface area contributed by atoms with Gasteiger partial charge in [0.05, 0.1) is 23.7 Å². The van der Waals surface area contributed by atoms with Crippen LogP contribution in [0.5, 0.6) is 5.88 Å². The molecule has 2 heterocycles. The first kappa shape index (κ1) is 11.6. The number of aryl methyl sites for hydroxylation is 2. The van der Waals surface area contributed by atoms with Crippen LogP contribution in [0.2, 0.25) is 0 Å². The Labute approximate surface area is 110 Å². The van der Waals surface area contributed by atoms with E-state index >= 15 is 0 Å². The lowest BCUT2D eigenvalue weighted by molar-refractivity contribution is 0.402. The molecule has 19 heavy (non-hydrogen) atoms. The fourth-order valence-electron chi connectivity index (χ4n) is 2.33. The molecule has 0 aliphatic heterocycles. The molecule has 0 saturated heterocycles. The van der Waals surface area contributed by atoms with Gasteiger partial charge in [0, 0.05) is 11.3 Å². The molecular formula is C14H14N4O. The number of fused-ring (bicyclic) bond motifs is 1. The van der Waals surface area contributed by atoms with Gasteiger partial charge >= 0.3 is 0 Å². The van der Waals surface area contributed by atoms with Crippen LogP contribution in [0.25, 0.3) is 22.0 Å². The van der Waals surface area contributed by atoms with E-state index < -0.39 is 0 Å². The Morgan fingerprint density at radius 3 is 2.68 bits per heavy atom. The summed E-state index contributed by atoms with van der Waals surface area (Å²) < 4.78 is 5.29. The van der Waals surface area contributed by atoms with Gasteiger partial charge in [0.15, 0.2) is 0 Å². The molecule has 3 aromatic rings. The maximum absolute atomic E-state index is 5.29. The van der Waals surface area contributed by atoms with E-state index in [1.807, 2.05) is 32.0 Å². The highest BCUT2D eigenvalue weighted by Crippen LogP contribution is 2.30. The summed E-state index contributed by atoms with van der Waals surface area (Å²) in [5, 5.41) is 8.13. The first-order chi connectivity index (χ1) is 9.20. The van der Waals surface area contributed by atoms with Gasteiger partial charge in [0.1, 0.15) is 6.33 Å². The SMILES string of the molecule is COc1ncnc2ccc(-c3c(C)n[nH]c3C)cc12. The van der Waals surface area contributed by atoms with Crippen LogP contribution in [-0.2, 0) is 0 Å². The molecular weight excluding hydrogens is 240 g/mol. The van der Waals surface area contributed by atoms with E-state index in [9.17, 15) is 0 Å². The predicted molar refractivity (Wildman–Crippen MR) is 73.1 cm³/mol. The van der Waals surface area contributed by atoms with Crippen molar-refractivity contribution in [2.45, 2.75) is 13.8 Å². The summed E-state index contributed by atoms with van der Waals surface area (Å²) >= 11 is 0. The van der Waals surface area contributed by atoms with Crippen LogP contribution in [0.4, 0.5) is 0 Å². The zero-order valence-electron chi connectivity index (χ0n) is 11.1. The van der Waals surface area contributed by atoms with Gasteiger partial charge in [-0.2, -0.15) is 5.10 Å².